The molecule has 2 aromatic heterocycles. The molecule has 4 aromatic carbocycles. The molecule has 14 nitrogen and oxygen atoms in total. The number of rotatable bonds is 12. The summed E-state index contributed by atoms with van der Waals surface area (Å²) < 4.78 is 9.66. The van der Waals surface area contributed by atoms with Gasteiger partial charge in [-0.15, -0.1) is 0 Å². The molecular formula is C50H54N8O6. The Morgan fingerprint density at radius 3 is 1.77 bits per heavy atom. The second kappa shape index (κ2) is 19.0. The first-order valence-electron chi connectivity index (χ1n) is 21.8. The summed E-state index contributed by atoms with van der Waals surface area (Å²) in [6, 6.07) is 30.1. The lowest BCUT2D eigenvalue weighted by molar-refractivity contribution is -0.135. The van der Waals surface area contributed by atoms with Gasteiger partial charge in [0.1, 0.15) is 23.7 Å². The number of nitrogens with one attached hydrogen (secondary N) is 4. The van der Waals surface area contributed by atoms with Crippen molar-refractivity contribution < 1.29 is 28.7 Å². The van der Waals surface area contributed by atoms with Gasteiger partial charge in [0.2, 0.25) is 5.91 Å². The maximum atomic E-state index is 14.0. The molecule has 0 bridgehead atoms. The van der Waals surface area contributed by atoms with E-state index < -0.39 is 24.3 Å². The van der Waals surface area contributed by atoms with Crippen LogP contribution in [0.5, 0.6) is 0 Å². The van der Waals surface area contributed by atoms with Crippen molar-refractivity contribution in [3.8, 4) is 44.8 Å². The van der Waals surface area contributed by atoms with Crippen molar-refractivity contribution in [2.24, 2.45) is 5.92 Å². The molecule has 8 rings (SSSR count). The number of imidazole rings is 2. The van der Waals surface area contributed by atoms with Crippen LogP contribution in [0.2, 0.25) is 0 Å². The third kappa shape index (κ3) is 8.99. The second-order valence-corrected chi connectivity index (χ2v) is 16.7. The molecule has 14 heteroatoms. The Hall–Kier alpha value is -7.22. The molecule has 2 fully saturated rings. The van der Waals surface area contributed by atoms with Crippen molar-refractivity contribution in [1.82, 2.24) is 40.4 Å². The SMILES string of the molecule is COC(=O)N[C@H](C(=O)N1CCC[C@H]1c1ncc(-c2cc(C)c(-c3ccc(-c4cnc([C@@H]5CCCN5C(=O)[C@H](NC(=O)OC)c5ccccc5)[nH]4)cc3)c(-c3ccccc3)c2)[nH]1)C(C)C. The van der Waals surface area contributed by atoms with E-state index in [9.17, 15) is 19.2 Å². The van der Waals surface area contributed by atoms with E-state index in [2.05, 4.69) is 76.1 Å². The number of benzene rings is 4. The Morgan fingerprint density at radius 1 is 0.656 bits per heavy atom. The minimum Gasteiger partial charge on any atom is -0.453 e. The van der Waals surface area contributed by atoms with Crippen molar-refractivity contribution in [2.45, 2.75) is 70.6 Å². The third-order valence-electron chi connectivity index (χ3n) is 12.3. The van der Waals surface area contributed by atoms with Crippen LogP contribution >= 0.6 is 0 Å². The predicted molar refractivity (Wildman–Crippen MR) is 243 cm³/mol. The molecule has 0 radical (unpaired) electrons. The van der Waals surface area contributed by atoms with Crippen molar-refractivity contribution in [3.63, 3.8) is 0 Å². The topological polar surface area (TPSA) is 175 Å². The number of carbonyl (C=O) groups is 4. The number of methoxy groups -OCH3 is 2. The van der Waals surface area contributed by atoms with Gasteiger partial charge >= 0.3 is 12.2 Å². The van der Waals surface area contributed by atoms with Crippen LogP contribution in [0.4, 0.5) is 9.59 Å². The number of hydrogen-bond acceptors (Lipinski definition) is 8. The molecule has 330 valence electrons. The Bertz CT molecular complexity index is 2610. The molecule has 4 N–H and O–H groups in total. The number of likely N-dealkylation sites (tertiary alicyclic amines) is 2. The first-order valence-corrected chi connectivity index (χ1v) is 21.8. The van der Waals surface area contributed by atoms with Crippen molar-refractivity contribution >= 4 is 24.0 Å². The highest BCUT2D eigenvalue weighted by Crippen LogP contribution is 2.40. The van der Waals surface area contributed by atoms with E-state index >= 15 is 0 Å². The fourth-order valence-corrected chi connectivity index (χ4v) is 9.08. The van der Waals surface area contributed by atoms with E-state index in [1.165, 1.54) is 14.2 Å². The molecule has 64 heavy (non-hydrogen) atoms. The van der Waals surface area contributed by atoms with Gasteiger partial charge in [0.05, 0.1) is 50.1 Å². The zero-order chi connectivity index (χ0) is 44.9. The van der Waals surface area contributed by atoms with Crippen LogP contribution in [0.25, 0.3) is 44.8 Å². The first kappa shape index (κ1) is 43.4. The predicted octanol–water partition coefficient (Wildman–Crippen LogP) is 8.91. The lowest BCUT2D eigenvalue weighted by atomic mass is 9.88. The number of hydrogen-bond donors (Lipinski definition) is 4. The number of carbonyl (C=O) groups excluding carboxylic acids is 4. The standard InChI is InChI=1S/C50H54N8O6/c1-30(2)43(55-49(61)63-4)47(59)57-24-12-18-40(57)46-52-29-39(54-46)36-26-31(3)42(37(27-36)32-14-8-6-9-15-32)34-22-20-33(21-23-34)38-28-51-45(53-38)41-19-13-25-58(41)48(60)44(56-50(62)64-5)35-16-10-7-11-17-35/h6-11,14-17,20-23,26-30,40-41,43-44H,12-13,18-19,24-25H2,1-5H3,(H,51,53)(H,52,54)(H,55,61)(H,56,62)/t40-,41-,43-,44+/m0/s1. The Labute approximate surface area is 372 Å². The number of amides is 4. The molecular weight excluding hydrogens is 809 g/mol. The molecule has 4 heterocycles. The van der Waals surface area contributed by atoms with E-state index in [1.54, 1.807) is 4.90 Å². The number of aromatic amines is 2. The van der Waals surface area contributed by atoms with Gasteiger partial charge in [0.15, 0.2) is 0 Å². The number of H-pyrrole nitrogens is 2. The molecule has 6 aromatic rings. The summed E-state index contributed by atoms with van der Waals surface area (Å²) in [5, 5.41) is 5.45. The number of alkyl carbamates (subject to hydrolysis) is 2. The minimum absolute atomic E-state index is 0.127. The van der Waals surface area contributed by atoms with Gasteiger partial charge in [-0.2, -0.15) is 0 Å². The average molecular weight is 863 g/mol. The average Bonchev–Trinajstić information content (AvgIpc) is 4.17. The summed E-state index contributed by atoms with van der Waals surface area (Å²) in [5.74, 6) is 0.905. The summed E-state index contributed by atoms with van der Waals surface area (Å²) in [5.41, 5.74) is 9.65. The van der Waals surface area contributed by atoms with Gasteiger partial charge in [0, 0.05) is 18.7 Å². The largest absolute Gasteiger partial charge is 0.453 e. The highest BCUT2D eigenvalue weighted by Gasteiger charge is 2.39. The number of ether oxygens (including phenoxy) is 2. The quantitative estimate of drug-likeness (QED) is 0.0944. The summed E-state index contributed by atoms with van der Waals surface area (Å²) in [4.78, 5) is 72.5. The highest BCUT2D eigenvalue weighted by molar-refractivity contribution is 5.90. The van der Waals surface area contributed by atoms with Crippen molar-refractivity contribution in [1.29, 1.82) is 0 Å². The molecule has 0 saturated carbocycles. The van der Waals surface area contributed by atoms with Crippen molar-refractivity contribution in [2.75, 3.05) is 27.3 Å². The lowest BCUT2D eigenvalue weighted by Gasteiger charge is -2.30. The molecule has 2 aliphatic heterocycles. The van der Waals surface area contributed by atoms with Crippen LogP contribution in [-0.2, 0) is 19.1 Å². The summed E-state index contributed by atoms with van der Waals surface area (Å²) in [6.07, 6.45) is 5.47. The van der Waals surface area contributed by atoms with Gasteiger partial charge < -0.3 is 39.9 Å². The van der Waals surface area contributed by atoms with E-state index in [0.29, 0.717) is 30.3 Å². The number of nitrogens with zero attached hydrogens (tertiary/aromatic N) is 4. The monoisotopic (exact) mass is 862 g/mol. The molecule has 2 aliphatic rings. The zero-order valence-corrected chi connectivity index (χ0v) is 36.8. The molecule has 0 unspecified atom stereocenters. The molecule has 2 saturated heterocycles. The smallest absolute Gasteiger partial charge is 0.407 e. The van der Waals surface area contributed by atoms with Gasteiger partial charge in [-0.3, -0.25) is 9.59 Å². The third-order valence-corrected chi connectivity index (χ3v) is 12.3. The fourth-order valence-electron chi connectivity index (χ4n) is 9.08. The highest BCUT2D eigenvalue weighted by atomic mass is 16.5. The number of aryl methyl sites for hydroxylation is 1. The zero-order valence-electron chi connectivity index (χ0n) is 36.8. The van der Waals surface area contributed by atoms with E-state index in [-0.39, 0.29) is 29.8 Å². The van der Waals surface area contributed by atoms with Crippen LogP contribution in [0.15, 0.2) is 109 Å². The molecule has 4 amide bonds. The molecule has 0 aliphatic carbocycles. The minimum atomic E-state index is -0.895. The summed E-state index contributed by atoms with van der Waals surface area (Å²) in [6.45, 7) is 7.04. The van der Waals surface area contributed by atoms with Crippen LogP contribution in [0.3, 0.4) is 0 Å². The van der Waals surface area contributed by atoms with Gasteiger partial charge in [-0.1, -0.05) is 98.8 Å². The second-order valence-electron chi connectivity index (χ2n) is 16.7. The van der Waals surface area contributed by atoms with Crippen LogP contribution in [-0.4, -0.2) is 87.1 Å². The Morgan fingerprint density at radius 2 is 1.19 bits per heavy atom. The van der Waals surface area contributed by atoms with E-state index in [1.807, 2.05) is 79.7 Å². The summed E-state index contributed by atoms with van der Waals surface area (Å²) in [7, 11) is 2.58. The van der Waals surface area contributed by atoms with Crippen LogP contribution < -0.4 is 10.6 Å². The van der Waals surface area contributed by atoms with Gasteiger partial charge in [-0.25, -0.2) is 19.6 Å². The number of aromatic nitrogens is 4. The fraction of sp³-hybridized carbons (Fsp3) is 0.320. The Balaban J connectivity index is 1.04. The molecule has 0 spiro atoms. The van der Waals surface area contributed by atoms with E-state index in [0.717, 1.165) is 76.0 Å². The normalized spacial score (nSPS) is 17.0. The lowest BCUT2D eigenvalue weighted by Crippen LogP contribution is -2.51. The van der Waals surface area contributed by atoms with Crippen molar-refractivity contribution in [3.05, 3.63) is 132 Å². The van der Waals surface area contributed by atoms with Gasteiger partial charge in [-0.05, 0) is 89.6 Å². The van der Waals surface area contributed by atoms with Gasteiger partial charge in [0.25, 0.3) is 5.91 Å². The maximum absolute atomic E-state index is 14.0. The Kier molecular flexibility index (Phi) is 12.9. The molecule has 4 atom stereocenters. The first-order chi connectivity index (χ1) is 31.0. The van der Waals surface area contributed by atoms with Crippen LogP contribution in [0.1, 0.15) is 80.4 Å². The van der Waals surface area contributed by atoms with Crippen LogP contribution in [0, 0.1) is 12.8 Å². The summed E-state index contributed by atoms with van der Waals surface area (Å²) >= 11 is 0. The maximum Gasteiger partial charge on any atom is 0.407 e. The van der Waals surface area contributed by atoms with E-state index in [4.69, 9.17) is 19.4 Å².